The van der Waals surface area contributed by atoms with Gasteiger partial charge in [-0.1, -0.05) is 30.4 Å². The Kier molecular flexibility index (Phi) is 15.1. The van der Waals surface area contributed by atoms with Gasteiger partial charge in [-0.3, -0.25) is 10.1 Å². The number of imidazole rings is 1. The highest BCUT2D eigenvalue weighted by molar-refractivity contribution is 5.07. The van der Waals surface area contributed by atoms with Gasteiger partial charge in [-0.15, -0.1) is 26.3 Å². The lowest BCUT2D eigenvalue weighted by Gasteiger charge is -1.90. The Bertz CT molecular complexity index is 873. The van der Waals surface area contributed by atoms with Crippen molar-refractivity contribution in [2.45, 2.75) is 25.7 Å². The molecule has 172 valence electrons. The molecule has 0 aliphatic carbocycles. The second-order valence-electron chi connectivity index (χ2n) is 6.59. The maximum atomic E-state index is 4.10. The quantitative estimate of drug-likeness (QED) is 0.300. The van der Waals surface area contributed by atoms with Gasteiger partial charge in [-0.2, -0.15) is 5.10 Å². The molecule has 0 unspecified atom stereocenters. The minimum atomic E-state index is 0.826. The lowest BCUT2D eigenvalue weighted by atomic mass is 10.3. The molecule has 4 rings (SSSR count). The first kappa shape index (κ1) is 26.8. The van der Waals surface area contributed by atoms with Gasteiger partial charge < -0.3 is 9.97 Å². The van der Waals surface area contributed by atoms with Gasteiger partial charge >= 0.3 is 0 Å². The van der Waals surface area contributed by atoms with Crippen molar-refractivity contribution in [3.05, 3.63) is 141 Å². The van der Waals surface area contributed by atoms with Gasteiger partial charge in [0.2, 0.25) is 0 Å². The molecule has 0 aliphatic rings. The SMILES string of the molecule is C=CCc1cc[nH]n1.C=CCc1ccc[nH]1.C=CCc1ccccn1.C=CCc1ncc[nH]1. The van der Waals surface area contributed by atoms with Gasteiger partial charge in [0, 0.05) is 68.1 Å². The normalized spacial score (nSPS) is 8.97. The standard InChI is InChI=1S/C8H9N.C7H9N.2C6H8N2/c1-2-5-8-6-3-4-7-9-8;1-2-4-7-5-3-6-8-7;1-2-3-6-7-4-5-8-6;1-2-3-6-4-5-7-8-6/h2-4,6-7H,1,5H2;2-3,5-6,8H,1,4H2;2*2,4-5H,1,3H2,(H,7,8). The number of H-pyrrole nitrogens is 3. The van der Waals surface area contributed by atoms with Crippen LogP contribution in [0.2, 0.25) is 0 Å². The Morgan fingerprint density at radius 1 is 0.636 bits per heavy atom. The fourth-order valence-electron chi connectivity index (χ4n) is 2.42. The number of hydrogen-bond donors (Lipinski definition) is 3. The van der Waals surface area contributed by atoms with E-state index in [2.05, 4.69) is 56.4 Å². The molecule has 4 aromatic rings. The minimum Gasteiger partial charge on any atom is -0.365 e. The summed E-state index contributed by atoms with van der Waals surface area (Å²) in [5.41, 5.74) is 3.34. The van der Waals surface area contributed by atoms with Crippen molar-refractivity contribution in [1.29, 1.82) is 0 Å². The molecule has 0 aromatic carbocycles. The van der Waals surface area contributed by atoms with Crippen LogP contribution < -0.4 is 0 Å². The van der Waals surface area contributed by atoms with Gasteiger partial charge in [0.25, 0.3) is 0 Å². The van der Waals surface area contributed by atoms with E-state index in [1.807, 2.05) is 66.9 Å². The summed E-state index contributed by atoms with van der Waals surface area (Å²) < 4.78 is 0. The van der Waals surface area contributed by atoms with Crippen molar-refractivity contribution in [2.75, 3.05) is 0 Å². The molecule has 0 saturated heterocycles. The van der Waals surface area contributed by atoms with E-state index in [0.29, 0.717) is 0 Å². The number of nitrogens with one attached hydrogen (secondary N) is 3. The highest BCUT2D eigenvalue weighted by atomic mass is 15.1. The molecule has 0 saturated carbocycles. The summed E-state index contributed by atoms with van der Waals surface area (Å²) in [5, 5.41) is 6.63. The minimum absolute atomic E-state index is 0.826. The molecule has 6 heteroatoms. The van der Waals surface area contributed by atoms with Crippen LogP contribution in [0, 0.1) is 0 Å². The van der Waals surface area contributed by atoms with Crippen LogP contribution >= 0.6 is 0 Å². The Hall–Kier alpha value is -4.19. The Balaban J connectivity index is 0.000000220. The van der Waals surface area contributed by atoms with Crippen LogP contribution in [0.15, 0.2) is 118 Å². The molecule has 6 nitrogen and oxygen atoms in total. The third kappa shape index (κ3) is 13.7. The number of rotatable bonds is 8. The predicted octanol–water partition coefficient (Wildman–Crippen LogP) is 5.83. The van der Waals surface area contributed by atoms with E-state index in [0.717, 1.165) is 42.9 Å². The fraction of sp³-hybridized carbons (Fsp3) is 0.148. The molecule has 33 heavy (non-hydrogen) atoms. The largest absolute Gasteiger partial charge is 0.365 e. The Morgan fingerprint density at radius 2 is 1.39 bits per heavy atom. The van der Waals surface area contributed by atoms with Crippen LogP contribution in [0.5, 0.6) is 0 Å². The molecule has 0 radical (unpaired) electrons. The summed E-state index contributed by atoms with van der Waals surface area (Å²) in [6.45, 7) is 14.4. The van der Waals surface area contributed by atoms with E-state index in [1.54, 1.807) is 24.8 Å². The second kappa shape index (κ2) is 18.6. The van der Waals surface area contributed by atoms with E-state index in [4.69, 9.17) is 0 Å². The van der Waals surface area contributed by atoms with Crippen LogP contribution in [-0.4, -0.2) is 30.1 Å². The molecule has 4 heterocycles. The van der Waals surface area contributed by atoms with Crippen molar-refractivity contribution >= 4 is 0 Å². The first-order valence-electron chi connectivity index (χ1n) is 10.7. The van der Waals surface area contributed by atoms with Crippen molar-refractivity contribution in [3.8, 4) is 0 Å². The van der Waals surface area contributed by atoms with Gasteiger partial charge in [-0.05, 0) is 30.3 Å². The maximum Gasteiger partial charge on any atom is 0.109 e. The molecule has 0 aliphatic heterocycles. The van der Waals surface area contributed by atoms with Gasteiger partial charge in [0.05, 0.1) is 5.69 Å². The molecule has 0 bridgehead atoms. The number of hydrogen-bond acceptors (Lipinski definition) is 3. The summed E-state index contributed by atoms with van der Waals surface area (Å²) in [5.74, 6) is 0.972. The first-order valence-corrected chi connectivity index (χ1v) is 10.7. The van der Waals surface area contributed by atoms with Crippen LogP contribution in [0.3, 0.4) is 0 Å². The van der Waals surface area contributed by atoms with E-state index in [-0.39, 0.29) is 0 Å². The topological polar surface area (TPSA) is 86.0 Å². The third-order valence-corrected chi connectivity index (χ3v) is 3.91. The van der Waals surface area contributed by atoms with Crippen molar-refractivity contribution < 1.29 is 0 Å². The van der Waals surface area contributed by atoms with Gasteiger partial charge in [-0.25, -0.2) is 4.98 Å². The van der Waals surface area contributed by atoms with Crippen LogP contribution in [-0.2, 0) is 25.7 Å². The predicted molar refractivity (Wildman–Crippen MR) is 138 cm³/mol. The molecule has 0 atom stereocenters. The van der Waals surface area contributed by atoms with Gasteiger partial charge in [0.1, 0.15) is 5.82 Å². The molecular formula is C27H34N6. The smallest absolute Gasteiger partial charge is 0.109 e. The first-order chi connectivity index (χ1) is 16.2. The van der Waals surface area contributed by atoms with Crippen molar-refractivity contribution in [1.82, 2.24) is 30.1 Å². The molecule has 0 fully saturated rings. The van der Waals surface area contributed by atoms with Crippen LogP contribution in [0.4, 0.5) is 0 Å². The highest BCUT2D eigenvalue weighted by Gasteiger charge is 1.86. The van der Waals surface area contributed by atoms with E-state index < -0.39 is 0 Å². The lowest BCUT2D eigenvalue weighted by Crippen LogP contribution is -1.82. The lowest BCUT2D eigenvalue weighted by molar-refractivity contribution is 1.01. The maximum absolute atomic E-state index is 4.10. The Morgan fingerprint density at radius 3 is 1.91 bits per heavy atom. The summed E-state index contributed by atoms with van der Waals surface area (Å²) in [6.07, 6.45) is 19.9. The van der Waals surface area contributed by atoms with Crippen LogP contribution in [0.1, 0.15) is 22.9 Å². The summed E-state index contributed by atoms with van der Waals surface area (Å²) in [7, 11) is 0. The number of allylic oxidation sites excluding steroid dienone is 4. The summed E-state index contributed by atoms with van der Waals surface area (Å²) in [4.78, 5) is 14.1. The monoisotopic (exact) mass is 442 g/mol. The summed E-state index contributed by atoms with van der Waals surface area (Å²) >= 11 is 0. The molecule has 3 N–H and O–H groups in total. The van der Waals surface area contributed by atoms with Crippen LogP contribution in [0.25, 0.3) is 0 Å². The van der Waals surface area contributed by atoms with Crippen molar-refractivity contribution in [3.63, 3.8) is 0 Å². The zero-order chi connectivity index (χ0) is 24.0. The average molecular weight is 443 g/mol. The second-order valence-corrected chi connectivity index (χ2v) is 6.59. The molecule has 0 spiro atoms. The average Bonchev–Trinajstić information content (AvgIpc) is 3.62. The van der Waals surface area contributed by atoms with E-state index in [1.165, 1.54) is 5.69 Å². The Labute approximate surface area is 196 Å². The zero-order valence-corrected chi connectivity index (χ0v) is 19.2. The number of nitrogens with zero attached hydrogens (tertiary/aromatic N) is 3. The number of aromatic nitrogens is 6. The fourth-order valence-corrected chi connectivity index (χ4v) is 2.42. The van der Waals surface area contributed by atoms with E-state index in [9.17, 15) is 0 Å². The van der Waals surface area contributed by atoms with Gasteiger partial charge in [0.15, 0.2) is 0 Å². The third-order valence-electron chi connectivity index (χ3n) is 3.91. The van der Waals surface area contributed by atoms with E-state index >= 15 is 0 Å². The highest BCUT2D eigenvalue weighted by Crippen LogP contribution is 1.95. The molecular weight excluding hydrogens is 408 g/mol. The molecule has 0 amide bonds. The molecule has 4 aromatic heterocycles. The zero-order valence-electron chi connectivity index (χ0n) is 19.2. The number of aromatic amines is 3. The summed E-state index contributed by atoms with van der Waals surface area (Å²) in [6, 6.07) is 11.8. The van der Waals surface area contributed by atoms with Crippen molar-refractivity contribution in [2.24, 2.45) is 0 Å². The number of pyridine rings is 1.